The Morgan fingerprint density at radius 3 is 2.20 bits per heavy atom. The Kier molecular flexibility index (Phi) is 4.26. The zero-order chi connectivity index (χ0) is 14.6. The number of benzene rings is 2. The fourth-order valence-electron chi connectivity index (χ4n) is 1.91. The lowest BCUT2D eigenvalue weighted by Crippen LogP contribution is -2.34. The molecule has 20 heavy (non-hydrogen) atoms. The molecule has 0 atom stereocenters. The van der Waals surface area contributed by atoms with Gasteiger partial charge in [0, 0.05) is 0 Å². The zero-order valence-corrected chi connectivity index (χ0v) is 11.6. The van der Waals surface area contributed by atoms with Gasteiger partial charge in [0.05, 0.1) is 24.5 Å². The van der Waals surface area contributed by atoms with Gasteiger partial charge in [-0.25, -0.2) is 8.42 Å². The van der Waals surface area contributed by atoms with Gasteiger partial charge < -0.3 is 10.8 Å². The molecule has 0 bridgehead atoms. The first-order valence-electron chi connectivity index (χ1n) is 6.10. The average molecular weight is 292 g/mol. The lowest BCUT2D eigenvalue weighted by Gasteiger charge is -2.24. The summed E-state index contributed by atoms with van der Waals surface area (Å²) in [6.07, 6.45) is 0. The van der Waals surface area contributed by atoms with Gasteiger partial charge in [-0.05, 0) is 24.3 Å². The van der Waals surface area contributed by atoms with E-state index in [4.69, 9.17) is 10.8 Å². The number of anilines is 2. The number of rotatable bonds is 5. The third-order valence-electron chi connectivity index (χ3n) is 2.83. The molecule has 0 saturated carbocycles. The SMILES string of the molecule is Nc1ccccc1S(=O)(=O)N(CCO)c1ccccc1. The molecule has 3 N–H and O–H groups in total. The monoisotopic (exact) mass is 292 g/mol. The highest BCUT2D eigenvalue weighted by molar-refractivity contribution is 7.93. The van der Waals surface area contributed by atoms with Gasteiger partial charge in [0.15, 0.2) is 0 Å². The van der Waals surface area contributed by atoms with E-state index in [1.807, 2.05) is 0 Å². The van der Waals surface area contributed by atoms with Crippen LogP contribution in [0.5, 0.6) is 0 Å². The van der Waals surface area contributed by atoms with Crippen LogP contribution in [0.25, 0.3) is 0 Å². The normalized spacial score (nSPS) is 11.2. The zero-order valence-electron chi connectivity index (χ0n) is 10.8. The van der Waals surface area contributed by atoms with Crippen molar-refractivity contribution in [3.8, 4) is 0 Å². The van der Waals surface area contributed by atoms with E-state index in [1.165, 1.54) is 12.1 Å². The van der Waals surface area contributed by atoms with E-state index >= 15 is 0 Å². The molecule has 2 aromatic rings. The van der Waals surface area contributed by atoms with Crippen molar-refractivity contribution in [1.82, 2.24) is 0 Å². The maximum absolute atomic E-state index is 12.7. The van der Waals surface area contributed by atoms with Gasteiger partial charge in [0.2, 0.25) is 0 Å². The number of hydrogen-bond donors (Lipinski definition) is 2. The molecule has 0 amide bonds. The average Bonchev–Trinajstić information content (AvgIpc) is 2.45. The molecule has 0 unspecified atom stereocenters. The molecule has 0 aliphatic heterocycles. The number of aliphatic hydroxyl groups is 1. The number of sulfonamides is 1. The molecule has 0 spiro atoms. The molecule has 0 radical (unpaired) electrons. The van der Waals surface area contributed by atoms with Gasteiger partial charge in [-0.1, -0.05) is 30.3 Å². The van der Waals surface area contributed by atoms with E-state index in [0.717, 1.165) is 4.31 Å². The summed E-state index contributed by atoms with van der Waals surface area (Å²) in [5.74, 6) is 0. The molecule has 0 fully saturated rings. The minimum Gasteiger partial charge on any atom is -0.398 e. The summed E-state index contributed by atoms with van der Waals surface area (Å²) in [5, 5.41) is 9.14. The number of aliphatic hydroxyl groups excluding tert-OH is 1. The van der Waals surface area contributed by atoms with E-state index in [1.54, 1.807) is 42.5 Å². The van der Waals surface area contributed by atoms with Crippen molar-refractivity contribution < 1.29 is 13.5 Å². The first kappa shape index (κ1) is 14.4. The van der Waals surface area contributed by atoms with Gasteiger partial charge in [0.25, 0.3) is 10.0 Å². The summed E-state index contributed by atoms with van der Waals surface area (Å²) in [4.78, 5) is 0.0392. The van der Waals surface area contributed by atoms with E-state index in [-0.39, 0.29) is 23.7 Å². The predicted molar refractivity (Wildman–Crippen MR) is 78.9 cm³/mol. The second-order valence-electron chi connectivity index (χ2n) is 4.17. The lowest BCUT2D eigenvalue weighted by atomic mass is 10.3. The summed E-state index contributed by atoms with van der Waals surface area (Å²) in [6, 6.07) is 14.9. The first-order valence-corrected chi connectivity index (χ1v) is 7.54. The van der Waals surface area contributed by atoms with Crippen molar-refractivity contribution >= 4 is 21.4 Å². The van der Waals surface area contributed by atoms with Crippen LogP contribution in [-0.2, 0) is 10.0 Å². The van der Waals surface area contributed by atoms with Crippen molar-refractivity contribution in [3.05, 3.63) is 54.6 Å². The van der Waals surface area contributed by atoms with Gasteiger partial charge in [-0.3, -0.25) is 4.31 Å². The van der Waals surface area contributed by atoms with E-state index in [9.17, 15) is 8.42 Å². The smallest absolute Gasteiger partial charge is 0.266 e. The number of nitrogens with two attached hydrogens (primary N) is 1. The number of nitrogen functional groups attached to an aromatic ring is 1. The standard InChI is InChI=1S/C14H16N2O3S/c15-13-8-4-5-9-14(13)20(18,19)16(10-11-17)12-6-2-1-3-7-12/h1-9,17H,10-11,15H2. The van der Waals surface area contributed by atoms with Crippen molar-refractivity contribution in [2.45, 2.75) is 4.90 Å². The minimum absolute atomic E-state index is 0.0271. The molecular formula is C14H16N2O3S. The largest absolute Gasteiger partial charge is 0.398 e. The van der Waals surface area contributed by atoms with Crippen molar-refractivity contribution in [2.24, 2.45) is 0 Å². The Bertz CT molecular complexity index is 672. The highest BCUT2D eigenvalue weighted by atomic mass is 32.2. The summed E-state index contributed by atoms with van der Waals surface area (Å²) in [6.45, 7) is -0.304. The van der Waals surface area contributed by atoms with Crippen LogP contribution < -0.4 is 10.0 Å². The summed E-state index contributed by atoms with van der Waals surface area (Å²) in [7, 11) is -3.80. The van der Waals surface area contributed by atoms with Crippen LogP contribution >= 0.6 is 0 Å². The molecule has 0 aliphatic carbocycles. The first-order chi connectivity index (χ1) is 9.57. The van der Waals surface area contributed by atoms with E-state index in [2.05, 4.69) is 0 Å². The van der Waals surface area contributed by atoms with Crippen LogP contribution in [0.1, 0.15) is 0 Å². The number of hydrogen-bond acceptors (Lipinski definition) is 4. The minimum atomic E-state index is -3.80. The third-order valence-corrected chi connectivity index (χ3v) is 4.74. The molecule has 6 heteroatoms. The van der Waals surface area contributed by atoms with Gasteiger partial charge >= 0.3 is 0 Å². The Labute approximate surface area is 118 Å². The summed E-state index contributed by atoms with van der Waals surface area (Å²) < 4.78 is 26.5. The highest BCUT2D eigenvalue weighted by Crippen LogP contribution is 2.26. The topological polar surface area (TPSA) is 83.6 Å². The van der Waals surface area contributed by atoms with Crippen LogP contribution in [0.15, 0.2) is 59.5 Å². The molecule has 2 rings (SSSR count). The Hall–Kier alpha value is -2.05. The van der Waals surface area contributed by atoms with Gasteiger partial charge in [-0.2, -0.15) is 0 Å². The fourth-order valence-corrected chi connectivity index (χ4v) is 3.48. The maximum Gasteiger partial charge on any atom is 0.266 e. The molecule has 2 aromatic carbocycles. The highest BCUT2D eigenvalue weighted by Gasteiger charge is 2.26. The van der Waals surface area contributed by atoms with Crippen molar-refractivity contribution in [3.63, 3.8) is 0 Å². The second kappa shape index (κ2) is 5.94. The molecule has 0 saturated heterocycles. The lowest BCUT2D eigenvalue weighted by molar-refractivity contribution is 0.306. The van der Waals surface area contributed by atoms with Gasteiger partial charge in [-0.15, -0.1) is 0 Å². The second-order valence-corrected chi connectivity index (χ2v) is 6.00. The number of para-hydroxylation sites is 2. The van der Waals surface area contributed by atoms with E-state index < -0.39 is 10.0 Å². The third kappa shape index (κ3) is 2.76. The molecule has 0 heterocycles. The Morgan fingerprint density at radius 2 is 1.60 bits per heavy atom. The van der Waals surface area contributed by atoms with E-state index in [0.29, 0.717) is 5.69 Å². The predicted octanol–water partition coefficient (Wildman–Crippen LogP) is 1.46. The van der Waals surface area contributed by atoms with Crippen LogP contribution in [0.2, 0.25) is 0 Å². The molecule has 0 aliphatic rings. The molecular weight excluding hydrogens is 276 g/mol. The Balaban J connectivity index is 2.52. The van der Waals surface area contributed by atoms with Crippen LogP contribution in [0, 0.1) is 0 Å². The van der Waals surface area contributed by atoms with Crippen molar-refractivity contribution in [1.29, 1.82) is 0 Å². The van der Waals surface area contributed by atoms with Gasteiger partial charge in [0.1, 0.15) is 4.90 Å². The summed E-state index contributed by atoms with van der Waals surface area (Å²) in [5.41, 5.74) is 6.43. The Morgan fingerprint density at radius 1 is 1.00 bits per heavy atom. The fraction of sp³-hybridized carbons (Fsp3) is 0.143. The van der Waals surface area contributed by atoms with Crippen molar-refractivity contribution in [2.75, 3.05) is 23.2 Å². The molecule has 0 aromatic heterocycles. The van der Waals surface area contributed by atoms with Crippen LogP contribution in [0.4, 0.5) is 11.4 Å². The summed E-state index contributed by atoms with van der Waals surface area (Å²) >= 11 is 0. The van der Waals surface area contributed by atoms with Crippen LogP contribution in [0.3, 0.4) is 0 Å². The molecule has 5 nitrogen and oxygen atoms in total. The quantitative estimate of drug-likeness (QED) is 0.817. The number of nitrogens with zero attached hydrogens (tertiary/aromatic N) is 1. The molecule has 106 valence electrons. The maximum atomic E-state index is 12.7. The van der Waals surface area contributed by atoms with Crippen LogP contribution in [-0.4, -0.2) is 26.7 Å².